The summed E-state index contributed by atoms with van der Waals surface area (Å²) in [4.78, 5) is 23.8. The zero-order valence-electron chi connectivity index (χ0n) is 13.8. The Kier molecular flexibility index (Phi) is 4.54. The summed E-state index contributed by atoms with van der Waals surface area (Å²) < 4.78 is 0. The van der Waals surface area contributed by atoms with Crippen molar-refractivity contribution in [1.82, 2.24) is 0 Å². The molecule has 0 radical (unpaired) electrons. The van der Waals surface area contributed by atoms with Crippen LogP contribution in [-0.2, 0) is 9.59 Å². The highest BCUT2D eigenvalue weighted by molar-refractivity contribution is 6.49. The molecule has 2 aromatic carbocycles. The first-order chi connectivity index (χ1) is 11.5. The zero-order chi connectivity index (χ0) is 17.3. The van der Waals surface area contributed by atoms with E-state index in [4.69, 9.17) is 0 Å². The molecule has 2 aromatic rings. The Labute approximate surface area is 142 Å². The molecule has 3 rings (SSSR count). The molecule has 24 heavy (non-hydrogen) atoms. The Balaban J connectivity index is 1.87. The Hall–Kier alpha value is -2.40. The second-order valence-electron chi connectivity index (χ2n) is 6.48. The lowest BCUT2D eigenvalue weighted by atomic mass is 9.64. The highest BCUT2D eigenvalue weighted by atomic mass is 16.2. The summed E-state index contributed by atoms with van der Waals surface area (Å²) in [6.45, 7) is 2.95. The second kappa shape index (κ2) is 6.61. The van der Waals surface area contributed by atoms with E-state index in [1.54, 1.807) is 13.7 Å². The summed E-state index contributed by atoms with van der Waals surface area (Å²) in [5.74, 6) is -0.700. The van der Waals surface area contributed by atoms with Gasteiger partial charge in [0, 0.05) is 11.6 Å². The van der Waals surface area contributed by atoms with Crippen LogP contribution in [0.3, 0.4) is 0 Å². The van der Waals surface area contributed by atoms with Crippen LogP contribution in [0.2, 0.25) is 13.1 Å². The van der Waals surface area contributed by atoms with Crippen LogP contribution in [0.5, 0.6) is 0 Å². The molecule has 2 unspecified atom stereocenters. The molecule has 0 aliphatic heterocycles. The van der Waals surface area contributed by atoms with Crippen LogP contribution < -0.4 is 5.32 Å². The molecule has 1 aliphatic rings. The van der Waals surface area contributed by atoms with Crippen LogP contribution in [0.4, 0.5) is 5.69 Å². The summed E-state index contributed by atoms with van der Waals surface area (Å²) in [7, 11) is 0. The van der Waals surface area contributed by atoms with Crippen LogP contribution >= 0.6 is 0 Å². The van der Waals surface area contributed by atoms with E-state index < -0.39 is 6.92 Å². The Morgan fingerprint density at radius 2 is 1.96 bits per heavy atom. The molecule has 0 saturated heterocycles. The minimum atomic E-state index is -0.514. The van der Waals surface area contributed by atoms with E-state index in [0.717, 1.165) is 28.5 Å². The molecule has 5 heteroatoms. The lowest BCUT2D eigenvalue weighted by Crippen LogP contribution is -2.24. The maximum absolute atomic E-state index is 12.2. The van der Waals surface area contributed by atoms with Crippen LogP contribution in [0.25, 0.3) is 11.1 Å². The highest BCUT2D eigenvalue weighted by Crippen LogP contribution is 2.44. The van der Waals surface area contributed by atoms with Crippen molar-refractivity contribution in [2.45, 2.75) is 26.0 Å². The van der Waals surface area contributed by atoms with Gasteiger partial charge in [0.1, 0.15) is 6.29 Å². The van der Waals surface area contributed by atoms with Gasteiger partial charge in [0.15, 0.2) is 0 Å². The number of carbonyl (C=O) groups excluding carboxylic acids is 2. The van der Waals surface area contributed by atoms with Gasteiger partial charge in [0.2, 0.25) is 5.91 Å². The monoisotopic (exact) mass is 321 g/mol. The fourth-order valence-corrected chi connectivity index (χ4v) is 3.35. The zero-order valence-corrected chi connectivity index (χ0v) is 13.8. The topological polar surface area (TPSA) is 66.4 Å². The van der Waals surface area contributed by atoms with E-state index in [2.05, 4.69) is 5.32 Å². The third-order valence-electron chi connectivity index (χ3n) is 4.52. The Morgan fingerprint density at radius 3 is 2.67 bits per heavy atom. The van der Waals surface area contributed by atoms with Crippen molar-refractivity contribution < 1.29 is 14.6 Å². The molecular formula is C19H20BNO3. The normalized spacial score (nSPS) is 16.0. The predicted octanol–water partition coefficient (Wildman–Crippen LogP) is 3.19. The summed E-state index contributed by atoms with van der Waals surface area (Å²) in [5.41, 5.74) is 4.72. The second-order valence-corrected chi connectivity index (χ2v) is 6.48. The number of hydrogen-bond donors (Lipinski definition) is 2. The molecule has 0 spiro atoms. The molecular weight excluding hydrogens is 301 g/mol. The molecule has 1 aliphatic carbocycles. The van der Waals surface area contributed by atoms with Crippen molar-refractivity contribution in [2.24, 2.45) is 5.92 Å². The van der Waals surface area contributed by atoms with Crippen molar-refractivity contribution in [2.75, 3.05) is 5.32 Å². The van der Waals surface area contributed by atoms with Gasteiger partial charge >= 0.3 is 0 Å². The molecule has 0 fully saturated rings. The number of fused-ring (bicyclic) bond motifs is 3. The van der Waals surface area contributed by atoms with Crippen molar-refractivity contribution >= 4 is 24.8 Å². The predicted molar refractivity (Wildman–Crippen MR) is 96.2 cm³/mol. The smallest absolute Gasteiger partial charge is 0.286 e. The van der Waals surface area contributed by atoms with Crippen LogP contribution in [-0.4, -0.2) is 24.1 Å². The molecule has 0 heterocycles. The highest BCUT2D eigenvalue weighted by Gasteiger charge is 2.28. The van der Waals surface area contributed by atoms with Gasteiger partial charge in [0.25, 0.3) is 6.92 Å². The largest absolute Gasteiger partial charge is 0.451 e. The number of benzene rings is 2. The molecule has 1 amide bonds. The molecule has 0 saturated carbocycles. The minimum absolute atomic E-state index is 0.131. The molecule has 0 aromatic heterocycles. The summed E-state index contributed by atoms with van der Waals surface area (Å²) in [5, 5.41) is 12.3. The average molecular weight is 321 g/mol. The van der Waals surface area contributed by atoms with Gasteiger partial charge in [-0.05, 0) is 40.7 Å². The van der Waals surface area contributed by atoms with E-state index in [-0.39, 0.29) is 17.7 Å². The van der Waals surface area contributed by atoms with E-state index in [0.29, 0.717) is 12.0 Å². The minimum Gasteiger partial charge on any atom is -0.451 e. The lowest BCUT2D eigenvalue weighted by molar-refractivity contribution is -0.119. The fourth-order valence-electron chi connectivity index (χ4n) is 3.35. The first kappa shape index (κ1) is 16.5. The van der Waals surface area contributed by atoms with Crippen molar-refractivity contribution in [3.63, 3.8) is 0 Å². The summed E-state index contributed by atoms with van der Waals surface area (Å²) >= 11 is 0. The SMILES string of the molecule is CB(O)CC(C)C(=O)Nc1ccc2c(c1)C(C=O)c1ccccc1-2. The molecule has 2 N–H and O–H groups in total. The van der Waals surface area contributed by atoms with Gasteiger partial charge in [-0.1, -0.05) is 44.1 Å². The van der Waals surface area contributed by atoms with E-state index in [1.807, 2.05) is 42.5 Å². The number of rotatable bonds is 5. The van der Waals surface area contributed by atoms with E-state index >= 15 is 0 Å². The van der Waals surface area contributed by atoms with Crippen LogP contribution in [0.1, 0.15) is 24.0 Å². The molecule has 122 valence electrons. The summed E-state index contributed by atoms with van der Waals surface area (Å²) in [6, 6.07) is 13.6. The number of amides is 1. The van der Waals surface area contributed by atoms with Gasteiger partial charge in [-0.25, -0.2) is 0 Å². The Morgan fingerprint density at radius 1 is 1.25 bits per heavy atom. The number of nitrogens with one attached hydrogen (secondary N) is 1. The Bertz CT molecular complexity index is 788. The van der Waals surface area contributed by atoms with Crippen molar-refractivity contribution in [3.8, 4) is 11.1 Å². The van der Waals surface area contributed by atoms with Gasteiger partial charge in [-0.3, -0.25) is 4.79 Å². The van der Waals surface area contributed by atoms with Gasteiger partial charge < -0.3 is 15.1 Å². The lowest BCUT2D eigenvalue weighted by Gasteiger charge is -2.14. The number of anilines is 1. The standard InChI is InChI=1S/C19H20BNO3/c1-12(10-20(2)24)19(23)21-13-7-8-16-14-5-3-4-6-15(14)18(11-22)17(16)9-13/h3-9,11-12,18,24H,10H2,1-2H3,(H,21,23). The fraction of sp³-hybridized carbons (Fsp3) is 0.263. The van der Waals surface area contributed by atoms with Gasteiger partial charge in [0.05, 0.1) is 5.92 Å². The van der Waals surface area contributed by atoms with Gasteiger partial charge in [-0.15, -0.1) is 0 Å². The van der Waals surface area contributed by atoms with Crippen molar-refractivity contribution in [3.05, 3.63) is 53.6 Å². The quantitative estimate of drug-likeness (QED) is 0.656. The van der Waals surface area contributed by atoms with Crippen LogP contribution in [0.15, 0.2) is 42.5 Å². The van der Waals surface area contributed by atoms with E-state index in [9.17, 15) is 14.6 Å². The van der Waals surface area contributed by atoms with E-state index in [1.165, 1.54) is 0 Å². The van der Waals surface area contributed by atoms with Gasteiger partial charge in [-0.2, -0.15) is 0 Å². The number of hydrogen-bond acceptors (Lipinski definition) is 3. The summed E-state index contributed by atoms with van der Waals surface area (Å²) in [6.07, 6.45) is 1.37. The average Bonchev–Trinajstić information content (AvgIpc) is 2.87. The molecule has 4 nitrogen and oxygen atoms in total. The molecule has 2 atom stereocenters. The third-order valence-corrected chi connectivity index (χ3v) is 4.52. The van der Waals surface area contributed by atoms with Crippen LogP contribution in [0, 0.1) is 5.92 Å². The maximum Gasteiger partial charge on any atom is 0.286 e. The maximum atomic E-state index is 12.2. The van der Waals surface area contributed by atoms with Crippen molar-refractivity contribution in [1.29, 1.82) is 0 Å². The first-order valence-corrected chi connectivity index (χ1v) is 8.18. The number of aldehydes is 1. The molecule has 0 bridgehead atoms. The third kappa shape index (κ3) is 2.99. The number of carbonyl (C=O) groups is 2. The first-order valence-electron chi connectivity index (χ1n) is 8.18.